The topological polar surface area (TPSA) is 48.1 Å². The molecular weight excluding hydrogens is 236 g/mol. The summed E-state index contributed by atoms with van der Waals surface area (Å²) in [5, 5.41) is 0.987. The fraction of sp³-hybridized carbons (Fsp3) is 0.438. The molecule has 0 aliphatic carbocycles. The highest BCUT2D eigenvalue weighted by Crippen LogP contribution is 2.28. The summed E-state index contributed by atoms with van der Waals surface area (Å²) in [6.45, 7) is 8.49. The number of hydrogen-bond acceptors (Lipinski definition) is 3. The molecule has 0 aliphatic rings. The van der Waals surface area contributed by atoms with Crippen LogP contribution in [-0.2, 0) is 0 Å². The smallest absolute Gasteiger partial charge is 0.130 e. The van der Waals surface area contributed by atoms with Crippen LogP contribution in [0.5, 0.6) is 5.75 Å². The van der Waals surface area contributed by atoms with Crippen molar-refractivity contribution in [2.75, 3.05) is 5.73 Å². The van der Waals surface area contributed by atoms with Gasteiger partial charge in [-0.15, -0.1) is 0 Å². The highest BCUT2D eigenvalue weighted by molar-refractivity contribution is 5.87. The lowest BCUT2D eigenvalue weighted by Gasteiger charge is -2.18. The van der Waals surface area contributed by atoms with Gasteiger partial charge in [0.2, 0.25) is 0 Å². The van der Waals surface area contributed by atoms with E-state index >= 15 is 0 Å². The Balaban J connectivity index is 2.38. The molecule has 102 valence electrons. The summed E-state index contributed by atoms with van der Waals surface area (Å²) < 4.78 is 6.08. The lowest BCUT2D eigenvalue weighted by molar-refractivity contribution is 0.195. The van der Waals surface area contributed by atoms with Crippen molar-refractivity contribution >= 4 is 16.6 Å². The van der Waals surface area contributed by atoms with Crippen LogP contribution in [-0.4, -0.2) is 11.1 Å². The summed E-state index contributed by atoms with van der Waals surface area (Å²) in [5.74, 6) is 1.50. The molecule has 2 N–H and O–H groups in total. The van der Waals surface area contributed by atoms with E-state index in [1.807, 2.05) is 31.2 Å². The third-order valence-electron chi connectivity index (χ3n) is 3.05. The molecule has 3 nitrogen and oxygen atoms in total. The number of anilines is 1. The Morgan fingerprint density at radius 2 is 1.95 bits per heavy atom. The van der Waals surface area contributed by atoms with E-state index in [2.05, 4.69) is 25.8 Å². The Morgan fingerprint density at radius 3 is 2.63 bits per heavy atom. The van der Waals surface area contributed by atoms with E-state index in [1.165, 1.54) is 0 Å². The van der Waals surface area contributed by atoms with Gasteiger partial charge in [0.05, 0.1) is 11.6 Å². The number of pyridine rings is 1. The Labute approximate surface area is 114 Å². The Kier molecular flexibility index (Phi) is 3.93. The number of aromatic nitrogens is 1. The molecule has 3 heteroatoms. The zero-order valence-electron chi connectivity index (χ0n) is 12.1. The minimum Gasteiger partial charge on any atom is -0.490 e. The molecule has 2 aromatic rings. The van der Waals surface area contributed by atoms with Crippen LogP contribution < -0.4 is 10.5 Å². The highest BCUT2D eigenvalue weighted by Gasteiger charge is 2.11. The normalized spacial score (nSPS) is 12.9. The van der Waals surface area contributed by atoms with Crippen molar-refractivity contribution in [3.63, 3.8) is 0 Å². The van der Waals surface area contributed by atoms with Crippen LogP contribution in [0.3, 0.4) is 0 Å². The quantitative estimate of drug-likeness (QED) is 0.845. The van der Waals surface area contributed by atoms with Gasteiger partial charge in [-0.1, -0.05) is 13.8 Å². The minimum atomic E-state index is 0.187. The molecule has 0 radical (unpaired) electrons. The van der Waals surface area contributed by atoms with Crippen molar-refractivity contribution in [2.24, 2.45) is 5.92 Å². The number of benzene rings is 1. The number of hydrogen-bond donors (Lipinski definition) is 1. The van der Waals surface area contributed by atoms with Crippen molar-refractivity contribution in [1.29, 1.82) is 0 Å². The van der Waals surface area contributed by atoms with Gasteiger partial charge >= 0.3 is 0 Å². The molecule has 0 spiro atoms. The standard InChI is InChI=1S/C16H22N2O/c1-10(2)7-12(4)19-16-8-11(3)18-15-6-5-13(17)9-14(15)16/h5-6,8-10,12H,7,17H2,1-4H3. The first-order valence-electron chi connectivity index (χ1n) is 6.79. The molecule has 0 aliphatic heterocycles. The predicted octanol–water partition coefficient (Wildman–Crippen LogP) is 3.94. The van der Waals surface area contributed by atoms with Gasteiger partial charge in [0, 0.05) is 22.8 Å². The largest absolute Gasteiger partial charge is 0.490 e. The maximum absolute atomic E-state index is 6.08. The molecule has 1 aromatic heterocycles. The minimum absolute atomic E-state index is 0.187. The van der Waals surface area contributed by atoms with Crippen LogP contribution in [0, 0.1) is 12.8 Å². The second-order valence-electron chi connectivity index (χ2n) is 5.60. The van der Waals surface area contributed by atoms with Gasteiger partial charge in [-0.05, 0) is 44.4 Å². The molecule has 0 saturated heterocycles. The molecule has 19 heavy (non-hydrogen) atoms. The summed E-state index contributed by atoms with van der Waals surface area (Å²) in [7, 11) is 0. The van der Waals surface area contributed by atoms with Crippen molar-refractivity contribution < 1.29 is 4.74 Å². The van der Waals surface area contributed by atoms with Crippen LogP contribution in [0.2, 0.25) is 0 Å². The summed E-state index contributed by atoms with van der Waals surface area (Å²) in [4.78, 5) is 4.51. The molecule has 1 aromatic carbocycles. The average molecular weight is 258 g/mol. The number of ether oxygens (including phenoxy) is 1. The molecule has 1 unspecified atom stereocenters. The summed E-state index contributed by atoms with van der Waals surface area (Å²) in [6, 6.07) is 7.73. The SMILES string of the molecule is Cc1cc(OC(C)CC(C)C)c2cc(N)ccc2n1. The first-order valence-corrected chi connectivity index (χ1v) is 6.79. The first kappa shape index (κ1) is 13.7. The fourth-order valence-electron chi connectivity index (χ4n) is 2.36. The van der Waals surface area contributed by atoms with Crippen LogP contribution >= 0.6 is 0 Å². The van der Waals surface area contributed by atoms with Crippen molar-refractivity contribution in [2.45, 2.75) is 40.2 Å². The monoisotopic (exact) mass is 258 g/mol. The zero-order chi connectivity index (χ0) is 14.0. The van der Waals surface area contributed by atoms with E-state index in [4.69, 9.17) is 10.5 Å². The number of nitrogens with two attached hydrogens (primary N) is 1. The third-order valence-corrected chi connectivity index (χ3v) is 3.05. The molecule has 1 atom stereocenters. The van der Waals surface area contributed by atoms with Crippen LogP contribution in [0.4, 0.5) is 5.69 Å². The molecule has 0 fully saturated rings. The van der Waals surface area contributed by atoms with E-state index in [1.54, 1.807) is 0 Å². The van der Waals surface area contributed by atoms with Gasteiger partial charge in [-0.2, -0.15) is 0 Å². The molecule has 2 rings (SSSR count). The van der Waals surface area contributed by atoms with Gasteiger partial charge in [0.15, 0.2) is 0 Å². The van der Waals surface area contributed by atoms with Gasteiger partial charge in [-0.3, -0.25) is 4.98 Å². The van der Waals surface area contributed by atoms with Crippen LogP contribution in [0.25, 0.3) is 10.9 Å². The predicted molar refractivity (Wildman–Crippen MR) is 80.4 cm³/mol. The van der Waals surface area contributed by atoms with E-state index in [-0.39, 0.29) is 6.10 Å². The summed E-state index contributed by atoms with van der Waals surface area (Å²) in [6.07, 6.45) is 1.22. The maximum atomic E-state index is 6.08. The van der Waals surface area contributed by atoms with E-state index in [0.717, 1.165) is 34.5 Å². The third kappa shape index (κ3) is 3.37. The second kappa shape index (κ2) is 5.47. The van der Waals surface area contributed by atoms with E-state index in [9.17, 15) is 0 Å². The van der Waals surface area contributed by atoms with E-state index < -0.39 is 0 Å². The van der Waals surface area contributed by atoms with Crippen molar-refractivity contribution in [3.05, 3.63) is 30.0 Å². The number of nitrogen functional groups attached to an aromatic ring is 1. The van der Waals surface area contributed by atoms with Crippen molar-refractivity contribution in [1.82, 2.24) is 4.98 Å². The molecule has 0 bridgehead atoms. The summed E-state index contributed by atoms with van der Waals surface area (Å²) in [5.41, 5.74) is 8.49. The van der Waals surface area contributed by atoms with Crippen LogP contribution in [0.1, 0.15) is 32.9 Å². The number of fused-ring (bicyclic) bond motifs is 1. The second-order valence-corrected chi connectivity index (χ2v) is 5.60. The van der Waals surface area contributed by atoms with Gasteiger partial charge < -0.3 is 10.5 Å². The first-order chi connectivity index (χ1) is 8.95. The average Bonchev–Trinajstić information content (AvgIpc) is 2.28. The van der Waals surface area contributed by atoms with Crippen molar-refractivity contribution in [3.8, 4) is 5.75 Å². The maximum Gasteiger partial charge on any atom is 0.130 e. The number of nitrogens with zero attached hydrogens (tertiary/aromatic N) is 1. The van der Waals surface area contributed by atoms with E-state index in [0.29, 0.717) is 5.92 Å². The Morgan fingerprint density at radius 1 is 1.21 bits per heavy atom. The van der Waals surface area contributed by atoms with Gasteiger partial charge in [0.25, 0.3) is 0 Å². The Hall–Kier alpha value is -1.77. The zero-order valence-corrected chi connectivity index (χ0v) is 12.1. The molecular formula is C16H22N2O. The Bertz CT molecular complexity index is 578. The fourth-order valence-corrected chi connectivity index (χ4v) is 2.36. The van der Waals surface area contributed by atoms with Crippen LogP contribution in [0.15, 0.2) is 24.3 Å². The lowest BCUT2D eigenvalue weighted by Crippen LogP contribution is -2.14. The summed E-state index contributed by atoms with van der Waals surface area (Å²) >= 11 is 0. The van der Waals surface area contributed by atoms with Gasteiger partial charge in [-0.25, -0.2) is 0 Å². The number of rotatable bonds is 4. The molecule has 0 saturated carbocycles. The highest BCUT2D eigenvalue weighted by atomic mass is 16.5. The van der Waals surface area contributed by atoms with Gasteiger partial charge in [0.1, 0.15) is 5.75 Å². The molecule has 0 amide bonds. The number of aryl methyl sites for hydroxylation is 1. The molecule has 1 heterocycles. The lowest BCUT2D eigenvalue weighted by atomic mass is 10.1.